The first kappa shape index (κ1) is 1210. The predicted octanol–water partition coefficient (Wildman–Crippen LogP) is 0.523. The third-order valence-electron chi connectivity index (χ3n) is 0. The van der Waals surface area contributed by atoms with Crippen LogP contribution < -0.4 is 18.5 Å². The van der Waals surface area contributed by atoms with Gasteiger partial charge in [-0.15, -0.1) is 0 Å². The molecular weight excluding hydrogens is 58.0 g/mol. The average molecular weight is 69.1 g/mol. The van der Waals surface area contributed by atoms with Gasteiger partial charge in [0.15, 0.2) is 0 Å². The Labute approximate surface area is 25.3 Å². The molecule has 0 heterocycles. The lowest BCUT2D eigenvalue weighted by molar-refractivity contribution is 0.824. The van der Waals surface area contributed by atoms with Crippen molar-refractivity contribution in [3.8, 4) is 0 Å². The third kappa shape index (κ3) is 50.7. The van der Waals surface area contributed by atoms with Crippen molar-refractivity contribution < 1.29 is 5.48 Å². The lowest BCUT2D eigenvalue weighted by Gasteiger charge is -0.870. The fourth-order valence-electron chi connectivity index (χ4n) is 0. The summed E-state index contributed by atoms with van der Waals surface area (Å²) in [6.45, 7) is 0. The van der Waals surface area contributed by atoms with Gasteiger partial charge >= 0.3 is 0 Å². The minimum absolute atomic E-state index is 0. The highest BCUT2D eigenvalue weighted by Gasteiger charge is -0.343. The van der Waals surface area contributed by atoms with E-state index in [2.05, 4.69) is 0 Å². The van der Waals surface area contributed by atoms with E-state index in [0.29, 0.717) is 0 Å². The molecule has 0 aliphatic carbocycles. The van der Waals surface area contributed by atoms with Crippen molar-refractivity contribution in [2.45, 2.75) is 0 Å². The first-order chi connectivity index (χ1) is 0. The predicted molar refractivity (Wildman–Crippen MR) is 18.0 cm³/mol. The highest BCUT2D eigenvalue weighted by atomic mass is 16.0. The van der Waals surface area contributed by atoms with E-state index in [1.807, 2.05) is 0 Å². The van der Waals surface area contributed by atoms with Crippen LogP contribution in [0.1, 0.15) is 0 Å². The van der Waals surface area contributed by atoms with Crippen LogP contribution in [0.5, 0.6) is 0 Å². The molecule has 32 valence electrons. The topological polar surface area (TPSA) is 136 Å². The molecule has 11 N–H and O–H groups in total. The quantitative estimate of drug-likeness (QED) is 0.382. The minimum atomic E-state index is 0. The van der Waals surface area contributed by atoms with Crippen LogP contribution in [0.2, 0.25) is 0 Å². The first-order valence-corrected chi connectivity index (χ1v) is 0. The molecule has 0 aromatic carbocycles. The van der Waals surface area contributed by atoms with Crippen molar-refractivity contribution >= 4 is 0 Å². The average Bonchev–Trinajstić information content (AvgIpc) is 0. The molecule has 0 saturated heterocycles. The second-order valence-electron chi connectivity index (χ2n) is 0. The molecule has 0 bridgehead atoms. The molecule has 0 aromatic heterocycles. The molecule has 4 heavy (non-hydrogen) atoms. The van der Waals surface area contributed by atoms with E-state index in [1.54, 1.807) is 0 Å². The molecule has 0 rings (SSSR count). The molecule has 0 fully saturated rings. The maximum absolute atomic E-state index is 0. The zero-order chi connectivity index (χ0) is 0. The van der Waals surface area contributed by atoms with E-state index in [4.69, 9.17) is 0 Å². The fraction of sp³-hybridized carbons (Fsp3) is 0. The van der Waals surface area contributed by atoms with Gasteiger partial charge in [-0.25, -0.2) is 0 Å². The zero-order valence-electron chi connectivity index (χ0n) is 2.86. The molecule has 0 atom stereocenters. The molecular formula is H11N3O. The Morgan fingerprint density at radius 1 is 0.750 bits per heavy atom. The van der Waals surface area contributed by atoms with Gasteiger partial charge in [0, 0.05) is 0 Å². The van der Waals surface area contributed by atoms with Crippen LogP contribution in [0.3, 0.4) is 0 Å². The smallest absolute Gasteiger partial charge is 0.344 e. The van der Waals surface area contributed by atoms with Crippen LogP contribution >= 0.6 is 0 Å². The van der Waals surface area contributed by atoms with Crippen molar-refractivity contribution in [3.05, 3.63) is 0 Å². The Morgan fingerprint density at radius 2 is 0.750 bits per heavy atom. The maximum Gasteiger partial charge on any atom is -0.344 e. The summed E-state index contributed by atoms with van der Waals surface area (Å²) >= 11 is 0. The minimum Gasteiger partial charge on any atom is -0.870 e. The van der Waals surface area contributed by atoms with E-state index >= 15 is 0 Å². The Hall–Kier alpha value is -0.160. The van der Waals surface area contributed by atoms with Crippen LogP contribution in [0, 0.1) is 0 Å². The van der Waals surface area contributed by atoms with Crippen LogP contribution in [0.25, 0.3) is 0 Å². The van der Waals surface area contributed by atoms with E-state index < -0.39 is 0 Å². The van der Waals surface area contributed by atoms with Gasteiger partial charge in [-0.1, -0.05) is 0 Å². The Bertz CT molecular complexity index is 3.25. The Kier molecular flexibility index (Phi) is 114000. The van der Waals surface area contributed by atoms with Crippen LogP contribution in [-0.4, -0.2) is 5.48 Å². The van der Waals surface area contributed by atoms with Crippen molar-refractivity contribution in [2.75, 3.05) is 0 Å². The number of rotatable bonds is 0. The summed E-state index contributed by atoms with van der Waals surface area (Å²) in [6.07, 6.45) is 0. The molecule has 0 aliphatic heterocycles. The Balaban J connectivity index is 0. The van der Waals surface area contributed by atoms with Gasteiger partial charge in [0.05, 0.1) is 0 Å². The Morgan fingerprint density at radius 3 is 0.750 bits per heavy atom. The largest absolute Gasteiger partial charge is 0.870 e. The summed E-state index contributed by atoms with van der Waals surface area (Å²) in [5.41, 5.74) is 0. The molecule has 0 unspecified atom stereocenters. The maximum atomic E-state index is 0. The van der Waals surface area contributed by atoms with Crippen LogP contribution in [0.15, 0.2) is 0 Å². The number of hydrogen-bond donors (Lipinski definition) is 3. The van der Waals surface area contributed by atoms with E-state index in [1.165, 1.54) is 0 Å². The molecule has 4 nitrogen and oxygen atoms in total. The lowest BCUT2D eigenvalue weighted by Crippen LogP contribution is -0.482. The van der Waals surface area contributed by atoms with Gasteiger partial charge in [-0.05, 0) is 0 Å². The van der Waals surface area contributed by atoms with Gasteiger partial charge in [0.25, 0.3) is 0 Å². The molecule has 0 spiro atoms. The highest BCUT2D eigenvalue weighted by Crippen LogP contribution is -0.289. The van der Waals surface area contributed by atoms with Crippen LogP contribution in [-0.2, 0) is 0 Å². The molecule has 0 aromatic rings. The molecule has 0 aliphatic rings. The molecule has 0 saturated carbocycles. The van der Waals surface area contributed by atoms with E-state index in [-0.39, 0.29) is 23.9 Å². The summed E-state index contributed by atoms with van der Waals surface area (Å²) in [5, 5.41) is 0. The van der Waals surface area contributed by atoms with Crippen molar-refractivity contribution in [3.63, 3.8) is 0 Å². The van der Waals surface area contributed by atoms with E-state index in [9.17, 15) is 0 Å². The van der Waals surface area contributed by atoms with Gasteiger partial charge in [0.1, 0.15) is 0 Å². The van der Waals surface area contributed by atoms with Crippen molar-refractivity contribution in [1.29, 1.82) is 0 Å². The van der Waals surface area contributed by atoms with Gasteiger partial charge in [0.2, 0.25) is 0 Å². The third-order valence-corrected chi connectivity index (χ3v) is 0. The normalized spacial score (nSPS) is 0. The van der Waals surface area contributed by atoms with E-state index in [0.717, 1.165) is 0 Å². The highest BCUT2D eigenvalue weighted by molar-refractivity contribution is 2.14. The van der Waals surface area contributed by atoms with Gasteiger partial charge < -0.3 is 23.9 Å². The zero-order valence-corrected chi connectivity index (χ0v) is 2.86. The van der Waals surface area contributed by atoms with Gasteiger partial charge in [-0.3, -0.25) is 0 Å². The monoisotopic (exact) mass is 69.1 g/mol. The SMILES string of the molecule is N.N.[NH4+].[OH-]. The molecule has 4 heteroatoms. The first-order valence-electron chi connectivity index (χ1n) is 0. The summed E-state index contributed by atoms with van der Waals surface area (Å²) < 4.78 is 0. The number of quaternary nitrogens is 1. The lowest BCUT2D eigenvalue weighted by atomic mass is 14.0. The summed E-state index contributed by atoms with van der Waals surface area (Å²) in [5.74, 6) is 0. The second-order valence-corrected chi connectivity index (χ2v) is 0. The molecule has 0 amide bonds. The number of hydrogen-bond acceptors (Lipinski definition) is 3. The standard InChI is InChI=1S/3H3N.H2O/h3*1H3;1H2. The second kappa shape index (κ2) is 376. The van der Waals surface area contributed by atoms with Crippen LogP contribution in [0.4, 0.5) is 0 Å². The van der Waals surface area contributed by atoms with Gasteiger partial charge in [-0.2, -0.15) is 0 Å². The fourth-order valence-corrected chi connectivity index (χ4v) is 0. The van der Waals surface area contributed by atoms with Crippen molar-refractivity contribution in [1.82, 2.24) is 18.5 Å². The van der Waals surface area contributed by atoms with Crippen molar-refractivity contribution in [2.24, 2.45) is 0 Å². The molecule has 0 radical (unpaired) electrons. The summed E-state index contributed by atoms with van der Waals surface area (Å²) in [6, 6.07) is 0. The summed E-state index contributed by atoms with van der Waals surface area (Å²) in [4.78, 5) is 0. The summed E-state index contributed by atoms with van der Waals surface area (Å²) in [7, 11) is 0.